The Morgan fingerprint density at radius 3 is 2.60 bits per heavy atom. The van der Waals surface area contributed by atoms with E-state index in [4.69, 9.17) is 4.74 Å². The van der Waals surface area contributed by atoms with Crippen LogP contribution in [0.5, 0.6) is 0 Å². The molecule has 2 unspecified atom stereocenters. The van der Waals surface area contributed by atoms with Crippen LogP contribution in [0.2, 0.25) is 0 Å². The van der Waals surface area contributed by atoms with Crippen LogP contribution in [0.25, 0.3) is 0 Å². The Morgan fingerprint density at radius 1 is 1.40 bits per heavy atom. The molecule has 0 aromatic rings. The summed E-state index contributed by atoms with van der Waals surface area (Å²) in [5.74, 6) is -0.0843. The fourth-order valence-electron chi connectivity index (χ4n) is 3.39. The van der Waals surface area contributed by atoms with E-state index in [0.717, 1.165) is 13.0 Å². The largest absolute Gasteiger partial charge is 0.468 e. The molecule has 1 aliphatic heterocycles. The van der Waals surface area contributed by atoms with E-state index in [-0.39, 0.29) is 17.4 Å². The van der Waals surface area contributed by atoms with Crippen molar-refractivity contribution < 1.29 is 9.53 Å². The quantitative estimate of drug-likeness (QED) is 0.671. The van der Waals surface area contributed by atoms with Gasteiger partial charge in [0.25, 0.3) is 0 Å². The molecule has 1 aliphatic carbocycles. The van der Waals surface area contributed by atoms with Gasteiger partial charge in [0.15, 0.2) is 0 Å². The number of hydrogen-bond donors (Lipinski definition) is 1. The number of rotatable bonds is 1. The van der Waals surface area contributed by atoms with Crippen LogP contribution >= 0.6 is 0 Å². The zero-order valence-corrected chi connectivity index (χ0v) is 9.93. The first-order chi connectivity index (χ1) is 6.99. The van der Waals surface area contributed by atoms with Crippen molar-refractivity contribution in [3.63, 3.8) is 0 Å². The van der Waals surface area contributed by atoms with Crippen LogP contribution in [0, 0.1) is 10.8 Å². The van der Waals surface area contributed by atoms with Gasteiger partial charge < -0.3 is 10.1 Å². The molecule has 2 atom stereocenters. The molecule has 0 radical (unpaired) electrons. The molecule has 2 fully saturated rings. The van der Waals surface area contributed by atoms with Crippen LogP contribution in [0.1, 0.15) is 39.5 Å². The van der Waals surface area contributed by atoms with E-state index >= 15 is 0 Å². The van der Waals surface area contributed by atoms with Gasteiger partial charge >= 0.3 is 5.97 Å². The summed E-state index contributed by atoms with van der Waals surface area (Å²) in [6.07, 6.45) is 4.83. The van der Waals surface area contributed by atoms with Crippen molar-refractivity contribution in [1.82, 2.24) is 5.32 Å². The van der Waals surface area contributed by atoms with Gasteiger partial charge in [0.2, 0.25) is 0 Å². The summed E-state index contributed by atoms with van der Waals surface area (Å²) in [4.78, 5) is 11.6. The molecule has 0 bridgehead atoms. The number of carbonyl (C=O) groups excluding carboxylic acids is 1. The molecule has 0 aromatic heterocycles. The highest BCUT2D eigenvalue weighted by atomic mass is 16.5. The third-order valence-corrected chi connectivity index (χ3v) is 4.07. The van der Waals surface area contributed by atoms with Gasteiger partial charge in [-0.25, -0.2) is 0 Å². The van der Waals surface area contributed by atoms with Crippen LogP contribution in [-0.2, 0) is 9.53 Å². The molecule has 1 spiro atoms. The lowest BCUT2D eigenvalue weighted by molar-refractivity contribution is -0.155. The average Bonchev–Trinajstić information content (AvgIpc) is 2.14. The van der Waals surface area contributed by atoms with Gasteiger partial charge in [0, 0.05) is 12.0 Å². The van der Waals surface area contributed by atoms with E-state index in [0.29, 0.717) is 5.41 Å². The van der Waals surface area contributed by atoms with Crippen molar-refractivity contribution in [2.24, 2.45) is 10.8 Å². The predicted octanol–water partition coefficient (Wildman–Crippen LogP) is 1.72. The van der Waals surface area contributed by atoms with Gasteiger partial charge in [-0.2, -0.15) is 0 Å². The van der Waals surface area contributed by atoms with Crippen molar-refractivity contribution in [1.29, 1.82) is 0 Å². The summed E-state index contributed by atoms with van der Waals surface area (Å²) in [6, 6.07) is -0.0536. The molecule has 1 N–H and O–H groups in total. The molecule has 3 heteroatoms. The minimum absolute atomic E-state index is 0.0536. The molecular formula is C12H21NO2. The summed E-state index contributed by atoms with van der Waals surface area (Å²) in [5, 5.41) is 3.22. The fraction of sp³-hybridized carbons (Fsp3) is 0.917. The fourth-order valence-corrected chi connectivity index (χ4v) is 3.39. The Hall–Kier alpha value is -0.570. The van der Waals surface area contributed by atoms with Gasteiger partial charge in [0.05, 0.1) is 7.11 Å². The monoisotopic (exact) mass is 211 g/mol. The standard InChI is InChI=1S/C12H21NO2/c1-11(2)5-4-6-12(7-11)8-13-9(12)10(14)15-3/h9,13H,4-8H2,1-3H3. The van der Waals surface area contributed by atoms with Gasteiger partial charge in [-0.1, -0.05) is 20.3 Å². The highest BCUT2D eigenvalue weighted by Gasteiger charge is 2.54. The van der Waals surface area contributed by atoms with Crippen molar-refractivity contribution in [3.05, 3.63) is 0 Å². The van der Waals surface area contributed by atoms with Gasteiger partial charge in [-0.15, -0.1) is 0 Å². The number of nitrogens with one attached hydrogen (secondary N) is 1. The van der Waals surface area contributed by atoms with Gasteiger partial charge in [-0.3, -0.25) is 4.79 Å². The maximum atomic E-state index is 11.6. The second-order valence-electron chi connectivity index (χ2n) is 5.89. The minimum Gasteiger partial charge on any atom is -0.468 e. The molecule has 0 amide bonds. The smallest absolute Gasteiger partial charge is 0.323 e. The molecule has 15 heavy (non-hydrogen) atoms. The third kappa shape index (κ3) is 1.78. The number of ether oxygens (including phenoxy) is 1. The summed E-state index contributed by atoms with van der Waals surface area (Å²) >= 11 is 0. The van der Waals surface area contributed by atoms with E-state index in [2.05, 4.69) is 19.2 Å². The van der Waals surface area contributed by atoms with Crippen molar-refractivity contribution >= 4 is 5.97 Å². The maximum absolute atomic E-state index is 11.6. The van der Waals surface area contributed by atoms with Crippen LogP contribution in [-0.4, -0.2) is 25.7 Å². The Morgan fingerprint density at radius 2 is 2.13 bits per heavy atom. The van der Waals surface area contributed by atoms with E-state index in [9.17, 15) is 4.79 Å². The predicted molar refractivity (Wildman–Crippen MR) is 58.5 cm³/mol. The van der Waals surface area contributed by atoms with Crippen LogP contribution in [0.15, 0.2) is 0 Å². The zero-order valence-electron chi connectivity index (χ0n) is 9.93. The zero-order chi connectivity index (χ0) is 11.1. The van der Waals surface area contributed by atoms with E-state index < -0.39 is 0 Å². The lowest BCUT2D eigenvalue weighted by Gasteiger charge is -2.55. The lowest BCUT2D eigenvalue weighted by atomic mass is 9.57. The molecule has 0 aromatic carbocycles. The summed E-state index contributed by atoms with van der Waals surface area (Å²) in [6.45, 7) is 5.59. The number of carbonyl (C=O) groups is 1. The van der Waals surface area contributed by atoms with E-state index in [1.807, 2.05) is 0 Å². The summed E-state index contributed by atoms with van der Waals surface area (Å²) < 4.78 is 4.85. The molecule has 86 valence electrons. The molecule has 2 aliphatic rings. The van der Waals surface area contributed by atoms with E-state index in [1.165, 1.54) is 26.4 Å². The number of hydrogen-bond acceptors (Lipinski definition) is 3. The van der Waals surface area contributed by atoms with Gasteiger partial charge in [-0.05, 0) is 24.7 Å². The van der Waals surface area contributed by atoms with Crippen LogP contribution in [0.3, 0.4) is 0 Å². The minimum atomic E-state index is -0.0843. The Labute approximate surface area is 91.6 Å². The highest BCUT2D eigenvalue weighted by molar-refractivity contribution is 5.78. The molecular weight excluding hydrogens is 190 g/mol. The maximum Gasteiger partial charge on any atom is 0.323 e. The molecule has 2 rings (SSSR count). The molecule has 1 saturated carbocycles. The second-order valence-corrected chi connectivity index (χ2v) is 5.89. The first-order valence-electron chi connectivity index (χ1n) is 5.80. The van der Waals surface area contributed by atoms with Crippen molar-refractivity contribution in [2.45, 2.75) is 45.6 Å². The third-order valence-electron chi connectivity index (χ3n) is 4.07. The summed E-state index contributed by atoms with van der Waals surface area (Å²) in [5.41, 5.74) is 0.571. The second kappa shape index (κ2) is 3.48. The number of esters is 1. The summed E-state index contributed by atoms with van der Waals surface area (Å²) in [7, 11) is 1.48. The normalized spacial score (nSPS) is 38.5. The lowest BCUT2D eigenvalue weighted by Crippen LogP contribution is -2.68. The van der Waals surface area contributed by atoms with Crippen LogP contribution in [0.4, 0.5) is 0 Å². The van der Waals surface area contributed by atoms with E-state index in [1.54, 1.807) is 0 Å². The van der Waals surface area contributed by atoms with Crippen molar-refractivity contribution in [3.8, 4) is 0 Å². The first-order valence-corrected chi connectivity index (χ1v) is 5.80. The molecule has 1 saturated heterocycles. The Bertz CT molecular complexity index is 275. The molecule has 3 nitrogen and oxygen atoms in total. The average molecular weight is 211 g/mol. The first kappa shape index (κ1) is 10.9. The number of methoxy groups -OCH3 is 1. The van der Waals surface area contributed by atoms with Gasteiger partial charge in [0.1, 0.15) is 6.04 Å². The Kier molecular flexibility index (Phi) is 2.53. The highest BCUT2D eigenvalue weighted by Crippen LogP contribution is 2.51. The Balaban J connectivity index is 2.10. The van der Waals surface area contributed by atoms with Crippen LogP contribution < -0.4 is 5.32 Å². The van der Waals surface area contributed by atoms with Crippen molar-refractivity contribution in [2.75, 3.05) is 13.7 Å². The molecule has 1 heterocycles. The topological polar surface area (TPSA) is 38.3 Å². The SMILES string of the molecule is COC(=O)C1NCC12CCCC(C)(C)C2.